The van der Waals surface area contributed by atoms with Crippen molar-refractivity contribution in [1.29, 1.82) is 0 Å². The zero-order valence-corrected chi connectivity index (χ0v) is 10.2. The molecule has 0 aliphatic heterocycles. The number of hydrogen-bond acceptors (Lipinski definition) is 2. The van der Waals surface area contributed by atoms with Gasteiger partial charge in [-0.1, -0.05) is 0 Å². The van der Waals surface area contributed by atoms with Crippen LogP contribution in [0.25, 0.3) is 0 Å². The van der Waals surface area contributed by atoms with Crippen LogP contribution in [0.15, 0.2) is 0 Å². The predicted molar refractivity (Wildman–Crippen MR) is 63.1 cm³/mol. The molecule has 0 fully saturated rings. The third-order valence-electron chi connectivity index (χ3n) is 2.54. The number of aryl methyl sites for hydroxylation is 2. The molecule has 1 aromatic rings. The summed E-state index contributed by atoms with van der Waals surface area (Å²) in [5.41, 5.74) is 2.25. The quantitative estimate of drug-likeness (QED) is 0.776. The second-order valence-electron chi connectivity index (χ2n) is 3.95. The highest BCUT2D eigenvalue weighted by Crippen LogP contribution is 2.11. The molecule has 0 saturated carbocycles. The van der Waals surface area contributed by atoms with Crippen LogP contribution in [-0.2, 0) is 7.05 Å². The second kappa shape index (κ2) is 4.84. The summed E-state index contributed by atoms with van der Waals surface area (Å²) in [5, 5.41) is 7.06. The van der Waals surface area contributed by atoms with Crippen molar-refractivity contribution >= 4 is 5.91 Å². The van der Waals surface area contributed by atoms with Crippen molar-refractivity contribution in [3.63, 3.8) is 0 Å². The van der Waals surface area contributed by atoms with Gasteiger partial charge in [0.05, 0.1) is 11.3 Å². The molecule has 0 aromatic carbocycles. The Balaban J connectivity index is 2.85. The van der Waals surface area contributed by atoms with E-state index in [1.165, 1.54) is 0 Å². The van der Waals surface area contributed by atoms with Crippen LogP contribution in [0.1, 0.15) is 35.1 Å². The third kappa shape index (κ3) is 2.43. The van der Waals surface area contributed by atoms with Gasteiger partial charge in [-0.3, -0.25) is 9.48 Å². The van der Waals surface area contributed by atoms with Crippen LogP contribution in [-0.4, -0.2) is 21.7 Å². The maximum atomic E-state index is 12.0. The van der Waals surface area contributed by atoms with Crippen LogP contribution in [0.5, 0.6) is 0 Å². The van der Waals surface area contributed by atoms with Gasteiger partial charge < -0.3 is 5.32 Å². The van der Waals surface area contributed by atoms with Crippen LogP contribution in [0.4, 0.5) is 0 Å². The van der Waals surface area contributed by atoms with Crippen molar-refractivity contribution in [2.75, 3.05) is 0 Å². The molecule has 1 amide bonds. The Morgan fingerprint density at radius 1 is 1.62 bits per heavy atom. The Bertz CT molecular complexity index is 440. The fraction of sp³-hybridized carbons (Fsp3) is 0.500. The normalized spacial score (nSPS) is 11.9. The highest BCUT2D eigenvalue weighted by molar-refractivity contribution is 5.96. The van der Waals surface area contributed by atoms with Gasteiger partial charge in [0, 0.05) is 25.2 Å². The average molecular weight is 219 g/mol. The first-order valence-corrected chi connectivity index (χ1v) is 5.22. The van der Waals surface area contributed by atoms with E-state index in [0.29, 0.717) is 12.0 Å². The van der Waals surface area contributed by atoms with Crippen LogP contribution >= 0.6 is 0 Å². The average Bonchev–Trinajstić information content (AvgIpc) is 2.41. The number of carbonyl (C=O) groups excluding carboxylic acids is 1. The van der Waals surface area contributed by atoms with Gasteiger partial charge in [0.1, 0.15) is 0 Å². The smallest absolute Gasteiger partial charge is 0.255 e. The van der Waals surface area contributed by atoms with Crippen molar-refractivity contribution in [2.45, 2.75) is 33.2 Å². The fourth-order valence-corrected chi connectivity index (χ4v) is 1.63. The summed E-state index contributed by atoms with van der Waals surface area (Å²) in [6.07, 6.45) is 5.72. The lowest BCUT2D eigenvalue weighted by molar-refractivity contribution is 0.0939. The summed E-state index contributed by atoms with van der Waals surface area (Å²) in [7, 11) is 1.82. The van der Waals surface area contributed by atoms with Crippen LogP contribution in [0.2, 0.25) is 0 Å². The van der Waals surface area contributed by atoms with Gasteiger partial charge in [0.15, 0.2) is 0 Å². The zero-order chi connectivity index (χ0) is 12.3. The largest absolute Gasteiger partial charge is 0.349 e. The van der Waals surface area contributed by atoms with Crippen LogP contribution in [0, 0.1) is 26.2 Å². The number of carbonyl (C=O) groups is 1. The SMILES string of the molecule is C#CCC(C)NC(=O)c1c(C)nn(C)c1C. The van der Waals surface area contributed by atoms with E-state index in [2.05, 4.69) is 16.3 Å². The number of nitrogens with one attached hydrogen (secondary N) is 1. The topological polar surface area (TPSA) is 46.9 Å². The van der Waals surface area contributed by atoms with E-state index in [0.717, 1.165) is 11.4 Å². The van der Waals surface area contributed by atoms with Gasteiger partial charge in [-0.05, 0) is 20.8 Å². The lowest BCUT2D eigenvalue weighted by Crippen LogP contribution is -2.32. The van der Waals surface area contributed by atoms with Gasteiger partial charge in [-0.2, -0.15) is 5.10 Å². The maximum absolute atomic E-state index is 12.0. The molecule has 1 heterocycles. The molecule has 0 radical (unpaired) electrons. The van der Waals surface area contributed by atoms with Crippen molar-refractivity contribution < 1.29 is 4.79 Å². The van der Waals surface area contributed by atoms with E-state index in [9.17, 15) is 4.79 Å². The van der Waals surface area contributed by atoms with E-state index in [4.69, 9.17) is 6.42 Å². The summed E-state index contributed by atoms with van der Waals surface area (Å²) in [6.45, 7) is 5.59. The third-order valence-corrected chi connectivity index (χ3v) is 2.54. The molecule has 1 atom stereocenters. The number of amides is 1. The van der Waals surface area contributed by atoms with Crippen LogP contribution < -0.4 is 5.32 Å². The summed E-state index contributed by atoms with van der Waals surface area (Å²) in [6, 6.07) is -0.0171. The monoisotopic (exact) mass is 219 g/mol. The first-order chi connectivity index (χ1) is 7.47. The van der Waals surface area contributed by atoms with E-state index >= 15 is 0 Å². The first kappa shape index (κ1) is 12.3. The lowest BCUT2D eigenvalue weighted by Gasteiger charge is -2.10. The first-order valence-electron chi connectivity index (χ1n) is 5.22. The summed E-state index contributed by atoms with van der Waals surface area (Å²) < 4.78 is 1.70. The Hall–Kier alpha value is -1.76. The molecule has 1 rings (SSSR count). The van der Waals surface area contributed by atoms with Gasteiger partial charge in [-0.15, -0.1) is 12.3 Å². The number of rotatable bonds is 3. The number of nitrogens with zero attached hydrogens (tertiary/aromatic N) is 2. The molecule has 86 valence electrons. The van der Waals surface area contributed by atoms with Crippen LogP contribution in [0.3, 0.4) is 0 Å². The van der Waals surface area contributed by atoms with Crippen molar-refractivity contribution in [2.24, 2.45) is 7.05 Å². The summed E-state index contributed by atoms with van der Waals surface area (Å²) in [5.74, 6) is 2.42. The Morgan fingerprint density at radius 3 is 2.69 bits per heavy atom. The van der Waals surface area contributed by atoms with Gasteiger partial charge in [0.2, 0.25) is 0 Å². The molecular weight excluding hydrogens is 202 g/mol. The molecular formula is C12H17N3O. The van der Waals surface area contributed by atoms with Gasteiger partial charge >= 0.3 is 0 Å². The van der Waals surface area contributed by atoms with Crippen molar-refractivity contribution in [1.82, 2.24) is 15.1 Å². The minimum Gasteiger partial charge on any atom is -0.349 e. The minimum absolute atomic E-state index is 0.0171. The molecule has 0 bridgehead atoms. The Kier molecular flexibility index (Phi) is 3.73. The zero-order valence-electron chi connectivity index (χ0n) is 10.2. The molecule has 1 aromatic heterocycles. The molecule has 0 saturated heterocycles. The summed E-state index contributed by atoms with van der Waals surface area (Å²) >= 11 is 0. The number of terminal acetylenes is 1. The molecule has 4 nitrogen and oxygen atoms in total. The van der Waals surface area contributed by atoms with Crippen molar-refractivity contribution in [3.05, 3.63) is 17.0 Å². The molecule has 1 N–H and O–H groups in total. The highest BCUT2D eigenvalue weighted by Gasteiger charge is 2.18. The molecule has 16 heavy (non-hydrogen) atoms. The van der Waals surface area contributed by atoms with E-state index in [1.54, 1.807) is 4.68 Å². The molecule has 4 heteroatoms. The Labute approximate surface area is 96.0 Å². The molecule has 0 spiro atoms. The Morgan fingerprint density at radius 2 is 2.25 bits per heavy atom. The highest BCUT2D eigenvalue weighted by atomic mass is 16.1. The van der Waals surface area contributed by atoms with Gasteiger partial charge in [0.25, 0.3) is 5.91 Å². The maximum Gasteiger partial charge on any atom is 0.255 e. The molecule has 0 aliphatic carbocycles. The lowest BCUT2D eigenvalue weighted by atomic mass is 10.1. The van der Waals surface area contributed by atoms with E-state index in [-0.39, 0.29) is 11.9 Å². The van der Waals surface area contributed by atoms with E-state index < -0.39 is 0 Å². The molecule has 1 unspecified atom stereocenters. The summed E-state index contributed by atoms with van der Waals surface area (Å²) in [4.78, 5) is 12.0. The fourth-order valence-electron chi connectivity index (χ4n) is 1.63. The number of hydrogen-bond donors (Lipinski definition) is 1. The molecule has 0 aliphatic rings. The van der Waals surface area contributed by atoms with E-state index in [1.807, 2.05) is 27.8 Å². The predicted octanol–water partition coefficient (Wildman–Crippen LogP) is 1.18. The number of aromatic nitrogens is 2. The minimum atomic E-state index is -0.106. The van der Waals surface area contributed by atoms with Gasteiger partial charge in [-0.25, -0.2) is 0 Å². The second-order valence-corrected chi connectivity index (χ2v) is 3.95. The standard InChI is InChI=1S/C12H17N3O/c1-6-7-8(2)13-12(16)11-9(3)14-15(5)10(11)4/h1,8H,7H2,2-5H3,(H,13,16). The van der Waals surface area contributed by atoms with Crippen molar-refractivity contribution in [3.8, 4) is 12.3 Å².